The van der Waals surface area contributed by atoms with Crippen molar-refractivity contribution in [1.29, 1.82) is 0 Å². The Morgan fingerprint density at radius 2 is 1.31 bits per heavy atom. The van der Waals surface area contributed by atoms with Gasteiger partial charge in [0.05, 0.1) is 4.90 Å². The van der Waals surface area contributed by atoms with E-state index in [1.54, 1.807) is 43.0 Å². The number of hydrogen-bond acceptors (Lipinski definition) is 4. The molecule has 1 N–H and O–H groups in total. The Labute approximate surface area is 93.6 Å². The number of hydrogen-bond donors (Lipinski definition) is 1. The highest BCUT2D eigenvalue weighted by Gasteiger charge is 2.05. The summed E-state index contributed by atoms with van der Waals surface area (Å²) in [6.07, 6.45) is 6.56. The molecule has 0 fully saturated rings. The molecule has 16 heavy (non-hydrogen) atoms. The Bertz CT molecular complexity index is 473. The smallest absolute Gasteiger partial charge is 0.282 e. The van der Waals surface area contributed by atoms with Gasteiger partial charge in [0.1, 0.15) is 0 Å². The first-order chi connectivity index (χ1) is 7.61. The van der Waals surface area contributed by atoms with Crippen LogP contribution in [0, 0.1) is 0 Å². The van der Waals surface area contributed by atoms with Gasteiger partial charge in [0.15, 0.2) is 0 Å². The molecule has 1 aromatic heterocycles. The van der Waals surface area contributed by atoms with Gasteiger partial charge in [-0.15, -0.1) is 0 Å². The van der Waals surface area contributed by atoms with Crippen LogP contribution in [0.4, 0.5) is 0 Å². The molecule has 0 atom stereocenters. The largest absolute Gasteiger partial charge is 0.294 e. The molecule has 2 rings (SSSR count). The van der Waals surface area contributed by atoms with Crippen molar-refractivity contribution in [3.05, 3.63) is 55.1 Å². The molecule has 0 aliphatic rings. The predicted molar refractivity (Wildman–Crippen MR) is 58.3 cm³/mol. The number of rotatable bonds is 1. The molecule has 0 radical (unpaired) electrons. The lowest BCUT2D eigenvalue weighted by molar-refractivity contribution is 0.483. The molecule has 0 saturated heterocycles. The normalized spacial score (nSPS) is 10.1. The molecule has 5 nitrogen and oxygen atoms in total. The molecule has 0 unspecified atom stereocenters. The van der Waals surface area contributed by atoms with Gasteiger partial charge in [-0.05, 0) is 12.1 Å². The van der Waals surface area contributed by atoms with Gasteiger partial charge in [-0.1, -0.05) is 18.2 Å². The van der Waals surface area contributed by atoms with Crippen LogP contribution < -0.4 is 0 Å². The van der Waals surface area contributed by atoms with Crippen LogP contribution >= 0.6 is 0 Å². The van der Waals surface area contributed by atoms with Gasteiger partial charge in [-0.25, -0.2) is 0 Å². The van der Waals surface area contributed by atoms with Gasteiger partial charge >= 0.3 is 0 Å². The summed E-state index contributed by atoms with van der Waals surface area (Å²) in [4.78, 5) is 7.37. The van der Waals surface area contributed by atoms with Crippen LogP contribution in [0.25, 0.3) is 0 Å². The second kappa shape index (κ2) is 5.94. The minimum absolute atomic E-state index is 0.0741. The maximum absolute atomic E-state index is 10.4. The fraction of sp³-hybridized carbons (Fsp3) is 0. The van der Waals surface area contributed by atoms with Gasteiger partial charge in [-0.2, -0.15) is 8.42 Å². The summed E-state index contributed by atoms with van der Waals surface area (Å²) in [6, 6.07) is 7.42. The Kier molecular flexibility index (Phi) is 4.56. The summed E-state index contributed by atoms with van der Waals surface area (Å²) in [5.41, 5.74) is 0. The van der Waals surface area contributed by atoms with E-state index in [9.17, 15) is 8.42 Å². The third-order valence-electron chi connectivity index (χ3n) is 1.52. The van der Waals surface area contributed by atoms with Crippen molar-refractivity contribution in [1.82, 2.24) is 9.97 Å². The first-order valence-electron chi connectivity index (χ1n) is 4.33. The van der Waals surface area contributed by atoms with Crippen LogP contribution in [0.5, 0.6) is 0 Å². The number of aromatic nitrogens is 2. The van der Waals surface area contributed by atoms with Crippen molar-refractivity contribution < 1.29 is 13.0 Å². The third-order valence-corrected chi connectivity index (χ3v) is 2.39. The van der Waals surface area contributed by atoms with E-state index < -0.39 is 10.1 Å². The maximum atomic E-state index is 10.4. The first-order valence-corrected chi connectivity index (χ1v) is 5.77. The van der Waals surface area contributed by atoms with Crippen LogP contribution in [0.15, 0.2) is 60.0 Å². The summed E-state index contributed by atoms with van der Waals surface area (Å²) >= 11 is 0. The van der Waals surface area contributed by atoms with Crippen LogP contribution in [0.3, 0.4) is 0 Å². The lowest BCUT2D eigenvalue weighted by Crippen LogP contribution is -1.96. The SMILES string of the molecule is O=S(=O)(O)c1ccccc1.c1cnccn1. The van der Waals surface area contributed by atoms with E-state index >= 15 is 0 Å². The number of benzene rings is 1. The summed E-state index contributed by atoms with van der Waals surface area (Å²) in [5.74, 6) is 0. The van der Waals surface area contributed by atoms with E-state index in [1.165, 1.54) is 12.1 Å². The van der Waals surface area contributed by atoms with Crippen LogP contribution in [-0.4, -0.2) is 22.9 Å². The zero-order valence-corrected chi connectivity index (χ0v) is 9.08. The molecule has 6 heteroatoms. The van der Waals surface area contributed by atoms with Gasteiger partial charge < -0.3 is 0 Å². The summed E-state index contributed by atoms with van der Waals surface area (Å²) in [5, 5.41) is 0. The van der Waals surface area contributed by atoms with Crippen LogP contribution in [0.2, 0.25) is 0 Å². The van der Waals surface area contributed by atoms with E-state index in [0.717, 1.165) is 0 Å². The molecular formula is C10H10N2O3S. The first kappa shape index (κ1) is 12.3. The molecule has 0 aliphatic carbocycles. The second-order valence-corrected chi connectivity index (χ2v) is 4.10. The monoisotopic (exact) mass is 238 g/mol. The fourth-order valence-electron chi connectivity index (χ4n) is 0.846. The highest BCUT2D eigenvalue weighted by atomic mass is 32.2. The van der Waals surface area contributed by atoms with Crippen LogP contribution in [0.1, 0.15) is 0 Å². The topological polar surface area (TPSA) is 80.2 Å². The van der Waals surface area contributed by atoms with Gasteiger partial charge in [-0.3, -0.25) is 14.5 Å². The summed E-state index contributed by atoms with van der Waals surface area (Å²) < 4.78 is 29.2. The molecule has 1 aromatic carbocycles. The highest BCUT2D eigenvalue weighted by molar-refractivity contribution is 7.85. The Morgan fingerprint density at radius 1 is 0.875 bits per heavy atom. The third kappa shape index (κ3) is 4.63. The lowest BCUT2D eigenvalue weighted by atomic mass is 10.4. The zero-order valence-electron chi connectivity index (χ0n) is 8.26. The highest BCUT2D eigenvalue weighted by Crippen LogP contribution is 2.05. The lowest BCUT2D eigenvalue weighted by Gasteiger charge is -1.92. The van der Waals surface area contributed by atoms with Gasteiger partial charge in [0.25, 0.3) is 10.1 Å². The van der Waals surface area contributed by atoms with E-state index in [1.807, 2.05) is 0 Å². The molecule has 0 amide bonds. The molecule has 0 spiro atoms. The average Bonchev–Trinajstić information content (AvgIpc) is 2.32. The molecule has 0 bridgehead atoms. The summed E-state index contributed by atoms with van der Waals surface area (Å²) in [6.45, 7) is 0. The predicted octanol–water partition coefficient (Wildman–Crippen LogP) is 1.41. The molecule has 2 aromatic rings. The van der Waals surface area contributed by atoms with E-state index in [0.29, 0.717) is 0 Å². The minimum Gasteiger partial charge on any atom is -0.282 e. The van der Waals surface area contributed by atoms with Crippen molar-refractivity contribution in [3.8, 4) is 0 Å². The van der Waals surface area contributed by atoms with Gasteiger partial charge in [0.2, 0.25) is 0 Å². The van der Waals surface area contributed by atoms with E-state index in [-0.39, 0.29) is 4.90 Å². The van der Waals surface area contributed by atoms with E-state index in [4.69, 9.17) is 4.55 Å². The second-order valence-electron chi connectivity index (χ2n) is 2.68. The van der Waals surface area contributed by atoms with Gasteiger partial charge in [0, 0.05) is 24.8 Å². The molecule has 84 valence electrons. The molecule has 0 saturated carbocycles. The quantitative estimate of drug-likeness (QED) is 0.760. The van der Waals surface area contributed by atoms with E-state index in [2.05, 4.69) is 9.97 Å². The van der Waals surface area contributed by atoms with Crippen molar-refractivity contribution >= 4 is 10.1 Å². The Balaban J connectivity index is 0.000000181. The van der Waals surface area contributed by atoms with Crippen molar-refractivity contribution in [2.45, 2.75) is 4.90 Å². The zero-order chi connectivity index (χ0) is 11.9. The minimum atomic E-state index is -4.00. The van der Waals surface area contributed by atoms with Crippen molar-refractivity contribution in [3.63, 3.8) is 0 Å². The van der Waals surface area contributed by atoms with Crippen LogP contribution in [-0.2, 0) is 10.1 Å². The Morgan fingerprint density at radius 3 is 1.56 bits per heavy atom. The Hall–Kier alpha value is -1.79. The molecular weight excluding hydrogens is 228 g/mol. The summed E-state index contributed by atoms with van der Waals surface area (Å²) in [7, 11) is -4.00. The fourth-order valence-corrected chi connectivity index (χ4v) is 1.35. The van der Waals surface area contributed by atoms with Crippen molar-refractivity contribution in [2.24, 2.45) is 0 Å². The molecule has 0 aliphatic heterocycles. The van der Waals surface area contributed by atoms with Crippen molar-refractivity contribution in [2.75, 3.05) is 0 Å². The maximum Gasteiger partial charge on any atom is 0.294 e. The average molecular weight is 238 g/mol. The standard InChI is InChI=1S/C6H6O3S.C4H4N2/c7-10(8,9)6-4-2-1-3-5-6;1-2-6-4-3-5-1/h1-5H,(H,7,8,9);1-4H. The number of nitrogens with zero attached hydrogens (tertiary/aromatic N) is 2. The molecule has 1 heterocycles.